The fraction of sp³-hybridized carbons (Fsp3) is 0.250. The number of nitrogens with zero attached hydrogens (tertiary/aromatic N) is 2. The zero-order chi connectivity index (χ0) is 19.0. The van der Waals surface area contributed by atoms with Crippen LogP contribution in [-0.2, 0) is 13.0 Å². The molecule has 3 aromatic rings. The van der Waals surface area contributed by atoms with Gasteiger partial charge in [-0.25, -0.2) is 0 Å². The van der Waals surface area contributed by atoms with Gasteiger partial charge in [0.2, 0.25) is 0 Å². The Morgan fingerprint density at radius 1 is 1.26 bits per heavy atom. The number of thiophene rings is 1. The number of aryl methyl sites for hydroxylation is 1. The summed E-state index contributed by atoms with van der Waals surface area (Å²) in [5.74, 6) is 0.192. The number of nitrogens with one attached hydrogen (secondary N) is 1. The first-order valence-corrected chi connectivity index (χ1v) is 9.59. The molecule has 0 saturated carbocycles. The third-order valence-electron chi connectivity index (χ3n) is 4.77. The van der Waals surface area contributed by atoms with Crippen molar-refractivity contribution in [3.05, 3.63) is 68.7 Å². The lowest BCUT2D eigenvalue weighted by atomic mass is 10.0. The van der Waals surface area contributed by atoms with E-state index in [1.807, 2.05) is 11.8 Å². The van der Waals surface area contributed by atoms with Gasteiger partial charge in [0.05, 0.1) is 0 Å². The van der Waals surface area contributed by atoms with Crippen molar-refractivity contribution in [2.45, 2.75) is 26.8 Å². The first kappa shape index (κ1) is 17.5. The summed E-state index contributed by atoms with van der Waals surface area (Å²) in [7, 11) is 0. The SMILES string of the molecule is Cc1cc(C(=O)Nc2cccc(C(=O)N3CCc4sccc4C3)c2C)no1. The van der Waals surface area contributed by atoms with Crippen LogP contribution in [-0.4, -0.2) is 28.4 Å². The molecule has 0 spiro atoms. The quantitative estimate of drug-likeness (QED) is 0.749. The van der Waals surface area contributed by atoms with Crippen LogP contribution in [0.1, 0.15) is 42.6 Å². The number of rotatable bonds is 3. The van der Waals surface area contributed by atoms with Gasteiger partial charge in [-0.3, -0.25) is 9.59 Å². The number of fused-ring (bicyclic) bond motifs is 1. The van der Waals surface area contributed by atoms with Crippen LogP contribution < -0.4 is 5.32 Å². The number of carbonyl (C=O) groups excluding carboxylic acids is 2. The van der Waals surface area contributed by atoms with E-state index in [1.54, 1.807) is 42.5 Å². The number of carbonyl (C=O) groups is 2. The third-order valence-corrected chi connectivity index (χ3v) is 5.79. The summed E-state index contributed by atoms with van der Waals surface area (Å²) in [6.45, 7) is 4.91. The second kappa shape index (κ2) is 7.00. The lowest BCUT2D eigenvalue weighted by Crippen LogP contribution is -2.35. The van der Waals surface area contributed by atoms with Crippen molar-refractivity contribution in [3.63, 3.8) is 0 Å². The van der Waals surface area contributed by atoms with Crippen LogP contribution >= 0.6 is 11.3 Å². The van der Waals surface area contributed by atoms with Crippen molar-refractivity contribution < 1.29 is 14.1 Å². The van der Waals surface area contributed by atoms with Crippen LogP contribution in [0, 0.1) is 13.8 Å². The van der Waals surface area contributed by atoms with Crippen LogP contribution in [0.15, 0.2) is 40.2 Å². The van der Waals surface area contributed by atoms with Gasteiger partial charge in [0.15, 0.2) is 5.69 Å². The van der Waals surface area contributed by atoms with Crippen molar-refractivity contribution in [1.82, 2.24) is 10.1 Å². The average molecular weight is 381 g/mol. The second-order valence-corrected chi connectivity index (χ2v) is 7.60. The van der Waals surface area contributed by atoms with Crippen LogP contribution in [0.5, 0.6) is 0 Å². The summed E-state index contributed by atoms with van der Waals surface area (Å²) in [6.07, 6.45) is 0.889. The molecule has 1 N–H and O–H groups in total. The molecule has 1 aromatic carbocycles. The Kier molecular flexibility index (Phi) is 4.53. The van der Waals surface area contributed by atoms with E-state index in [9.17, 15) is 9.59 Å². The van der Waals surface area contributed by atoms with E-state index in [1.165, 1.54) is 10.4 Å². The van der Waals surface area contributed by atoms with E-state index < -0.39 is 0 Å². The molecular formula is C20H19N3O3S. The van der Waals surface area contributed by atoms with Crippen LogP contribution in [0.25, 0.3) is 0 Å². The number of hydrogen-bond acceptors (Lipinski definition) is 5. The van der Waals surface area contributed by atoms with E-state index >= 15 is 0 Å². The molecule has 0 fully saturated rings. The highest BCUT2D eigenvalue weighted by Gasteiger charge is 2.24. The fourth-order valence-electron chi connectivity index (χ4n) is 3.25. The number of hydrogen-bond donors (Lipinski definition) is 1. The molecule has 0 unspecified atom stereocenters. The van der Waals surface area contributed by atoms with Crippen LogP contribution in [0.2, 0.25) is 0 Å². The van der Waals surface area contributed by atoms with Crippen molar-refractivity contribution in [3.8, 4) is 0 Å². The zero-order valence-corrected chi connectivity index (χ0v) is 15.9. The Labute approximate surface area is 160 Å². The molecule has 4 rings (SSSR count). The average Bonchev–Trinajstić information content (AvgIpc) is 3.31. The molecule has 1 aliphatic heterocycles. The molecule has 2 amide bonds. The smallest absolute Gasteiger partial charge is 0.277 e. The van der Waals surface area contributed by atoms with Gasteiger partial charge in [-0.05, 0) is 55.0 Å². The Morgan fingerprint density at radius 3 is 2.89 bits per heavy atom. The molecule has 1 aliphatic rings. The van der Waals surface area contributed by atoms with Gasteiger partial charge in [0, 0.05) is 35.3 Å². The number of aromatic nitrogens is 1. The van der Waals surface area contributed by atoms with Gasteiger partial charge in [0.25, 0.3) is 11.8 Å². The summed E-state index contributed by atoms with van der Waals surface area (Å²) in [6, 6.07) is 9.03. The van der Waals surface area contributed by atoms with Crippen molar-refractivity contribution in [2.24, 2.45) is 0 Å². The van der Waals surface area contributed by atoms with Crippen molar-refractivity contribution in [2.75, 3.05) is 11.9 Å². The first-order valence-electron chi connectivity index (χ1n) is 8.71. The third kappa shape index (κ3) is 3.38. The summed E-state index contributed by atoms with van der Waals surface area (Å²) >= 11 is 1.75. The molecule has 138 valence electrons. The lowest BCUT2D eigenvalue weighted by molar-refractivity contribution is 0.0735. The molecule has 3 heterocycles. The summed E-state index contributed by atoms with van der Waals surface area (Å²) < 4.78 is 4.95. The molecule has 7 heteroatoms. The lowest BCUT2D eigenvalue weighted by Gasteiger charge is -2.28. The topological polar surface area (TPSA) is 75.4 Å². The molecule has 6 nitrogen and oxygen atoms in total. The maximum atomic E-state index is 13.1. The van der Waals surface area contributed by atoms with E-state index in [4.69, 9.17) is 4.52 Å². The maximum Gasteiger partial charge on any atom is 0.277 e. The van der Waals surface area contributed by atoms with Crippen molar-refractivity contribution >= 4 is 28.8 Å². The predicted octanol–water partition coefficient (Wildman–Crippen LogP) is 3.80. The molecule has 0 saturated heterocycles. The van der Waals surface area contributed by atoms with E-state index in [2.05, 4.69) is 21.9 Å². The molecule has 27 heavy (non-hydrogen) atoms. The number of anilines is 1. The highest BCUT2D eigenvalue weighted by atomic mass is 32.1. The standard InChI is InChI=1S/C20H19N3O3S/c1-12-10-17(22-26-12)19(24)21-16-5-3-4-15(13(16)2)20(25)23-8-6-18-14(11-23)7-9-27-18/h3-5,7,9-10H,6,8,11H2,1-2H3,(H,21,24). The molecule has 2 aromatic heterocycles. The van der Waals surface area contributed by atoms with Gasteiger partial charge in [-0.15, -0.1) is 11.3 Å². The molecule has 0 bridgehead atoms. The molecule has 0 radical (unpaired) electrons. The van der Waals surface area contributed by atoms with Gasteiger partial charge in [-0.2, -0.15) is 0 Å². The van der Waals surface area contributed by atoms with Crippen molar-refractivity contribution in [1.29, 1.82) is 0 Å². The van der Waals surface area contributed by atoms with Gasteiger partial charge < -0.3 is 14.7 Å². The molecular weight excluding hydrogens is 362 g/mol. The highest BCUT2D eigenvalue weighted by molar-refractivity contribution is 7.10. The predicted molar refractivity (Wildman–Crippen MR) is 103 cm³/mol. The Hall–Kier alpha value is -2.93. The van der Waals surface area contributed by atoms with E-state index in [0.717, 1.165) is 12.0 Å². The Bertz CT molecular complexity index is 1020. The van der Waals surface area contributed by atoms with E-state index in [-0.39, 0.29) is 17.5 Å². The number of benzene rings is 1. The highest BCUT2D eigenvalue weighted by Crippen LogP contribution is 2.27. The maximum absolute atomic E-state index is 13.1. The van der Waals surface area contributed by atoms with E-state index in [0.29, 0.717) is 30.1 Å². The minimum atomic E-state index is -0.361. The zero-order valence-electron chi connectivity index (χ0n) is 15.1. The largest absolute Gasteiger partial charge is 0.361 e. The first-order chi connectivity index (χ1) is 13.0. The van der Waals surface area contributed by atoms with Gasteiger partial charge in [-0.1, -0.05) is 11.2 Å². The minimum Gasteiger partial charge on any atom is -0.361 e. The van der Waals surface area contributed by atoms with Gasteiger partial charge in [0.1, 0.15) is 5.76 Å². The second-order valence-electron chi connectivity index (χ2n) is 6.60. The number of amides is 2. The summed E-state index contributed by atoms with van der Waals surface area (Å²) in [4.78, 5) is 28.6. The normalized spacial score (nSPS) is 13.3. The molecule has 0 atom stereocenters. The monoisotopic (exact) mass is 381 g/mol. The Morgan fingerprint density at radius 2 is 2.11 bits per heavy atom. The van der Waals surface area contributed by atoms with Crippen LogP contribution in [0.3, 0.4) is 0 Å². The van der Waals surface area contributed by atoms with Gasteiger partial charge >= 0.3 is 0 Å². The summed E-state index contributed by atoms with van der Waals surface area (Å²) in [5, 5.41) is 8.62. The Balaban J connectivity index is 1.55. The van der Waals surface area contributed by atoms with Crippen LogP contribution in [0.4, 0.5) is 5.69 Å². The molecule has 0 aliphatic carbocycles. The fourth-order valence-corrected chi connectivity index (χ4v) is 4.14. The minimum absolute atomic E-state index is 0.0160. The summed E-state index contributed by atoms with van der Waals surface area (Å²) in [5.41, 5.74) is 3.38.